The molecule has 1 fully saturated rings. The molecule has 0 bridgehead atoms. The molecule has 1 aliphatic heterocycles. The molecule has 2 rings (SSSR count). The number of carbonyl (C=O) groups is 2. The maximum Gasteiger partial charge on any atom is 0.326 e. The van der Waals surface area contributed by atoms with Gasteiger partial charge in [-0.15, -0.1) is 0 Å². The Labute approximate surface area is 121 Å². The van der Waals surface area contributed by atoms with Crippen molar-refractivity contribution < 1.29 is 28.6 Å². The van der Waals surface area contributed by atoms with Crippen molar-refractivity contribution in [1.29, 1.82) is 0 Å². The van der Waals surface area contributed by atoms with Crippen molar-refractivity contribution in [1.82, 2.24) is 4.90 Å². The van der Waals surface area contributed by atoms with E-state index in [0.29, 0.717) is 0 Å². The largest absolute Gasteiger partial charge is 0.494 e. The number of benzene rings is 1. The molecule has 6 nitrogen and oxygen atoms in total. The summed E-state index contributed by atoms with van der Waals surface area (Å²) in [5.41, 5.74) is 0.177. The monoisotopic (exact) mass is 297 g/mol. The summed E-state index contributed by atoms with van der Waals surface area (Å²) in [5, 5.41) is 9.20. The number of carboxylic acid groups (broad SMARTS) is 1. The first kappa shape index (κ1) is 15.2. The van der Waals surface area contributed by atoms with Crippen molar-refractivity contribution in [3.8, 4) is 5.75 Å². The summed E-state index contributed by atoms with van der Waals surface area (Å²) in [6, 6.07) is 2.74. The predicted octanol–water partition coefficient (Wildman–Crippen LogP) is 1.15. The van der Waals surface area contributed by atoms with Crippen LogP contribution in [-0.4, -0.2) is 54.8 Å². The van der Waals surface area contributed by atoms with E-state index in [0.717, 1.165) is 6.07 Å². The third kappa shape index (κ3) is 2.97. The van der Waals surface area contributed by atoms with Gasteiger partial charge in [0, 0.05) is 25.6 Å². The van der Waals surface area contributed by atoms with Crippen LogP contribution in [0.25, 0.3) is 0 Å². The number of rotatable bonds is 4. The number of carbonyl (C=O) groups excluding carboxylic acids is 1. The smallest absolute Gasteiger partial charge is 0.326 e. The fourth-order valence-electron chi connectivity index (χ4n) is 2.39. The molecule has 7 heteroatoms. The second kappa shape index (κ2) is 6.09. The molecule has 0 saturated carbocycles. The molecule has 1 saturated heterocycles. The quantitative estimate of drug-likeness (QED) is 0.902. The molecule has 1 heterocycles. The van der Waals surface area contributed by atoms with Gasteiger partial charge in [-0.25, -0.2) is 9.18 Å². The Bertz CT molecular complexity index is 562. The molecule has 114 valence electrons. The standard InChI is InChI=1S/C14H16FNO5/c1-20-9-6-11(14(18)19)16(7-9)13(17)8-3-4-10(15)12(5-8)21-2/h3-5,9,11H,6-7H2,1-2H3,(H,18,19). The summed E-state index contributed by atoms with van der Waals surface area (Å²) >= 11 is 0. The molecular formula is C14H16FNO5. The first-order valence-corrected chi connectivity index (χ1v) is 6.38. The number of amides is 1. The third-order valence-electron chi connectivity index (χ3n) is 3.54. The van der Waals surface area contributed by atoms with E-state index in [1.807, 2.05) is 0 Å². The predicted molar refractivity (Wildman–Crippen MR) is 70.8 cm³/mol. The maximum atomic E-state index is 13.4. The van der Waals surface area contributed by atoms with Crippen molar-refractivity contribution in [2.24, 2.45) is 0 Å². The molecule has 1 aromatic carbocycles. The maximum absolute atomic E-state index is 13.4. The van der Waals surface area contributed by atoms with Gasteiger partial charge < -0.3 is 19.5 Å². The Hall–Kier alpha value is -2.15. The van der Waals surface area contributed by atoms with E-state index < -0.39 is 23.7 Å². The van der Waals surface area contributed by atoms with Gasteiger partial charge in [0.15, 0.2) is 11.6 Å². The highest BCUT2D eigenvalue weighted by molar-refractivity contribution is 5.97. The van der Waals surface area contributed by atoms with Gasteiger partial charge in [-0.3, -0.25) is 4.79 Å². The number of hydrogen-bond donors (Lipinski definition) is 1. The zero-order valence-corrected chi connectivity index (χ0v) is 11.7. The van der Waals surface area contributed by atoms with Gasteiger partial charge in [0.2, 0.25) is 0 Å². The fraction of sp³-hybridized carbons (Fsp3) is 0.429. The lowest BCUT2D eigenvalue weighted by molar-refractivity contribution is -0.141. The van der Waals surface area contributed by atoms with Crippen molar-refractivity contribution >= 4 is 11.9 Å². The van der Waals surface area contributed by atoms with Crippen molar-refractivity contribution in [3.63, 3.8) is 0 Å². The summed E-state index contributed by atoms with van der Waals surface area (Å²) < 4.78 is 23.3. The highest BCUT2D eigenvalue weighted by Gasteiger charge is 2.40. The molecule has 1 aliphatic rings. The van der Waals surface area contributed by atoms with Gasteiger partial charge >= 0.3 is 5.97 Å². The summed E-state index contributed by atoms with van der Waals surface area (Å²) in [5.74, 6) is -2.22. The van der Waals surface area contributed by atoms with Gasteiger partial charge in [-0.05, 0) is 18.2 Å². The van der Waals surface area contributed by atoms with E-state index in [1.54, 1.807) is 0 Å². The number of aliphatic carboxylic acids is 1. The summed E-state index contributed by atoms with van der Waals surface area (Å²) in [6.45, 7) is 0.186. The van der Waals surface area contributed by atoms with E-state index >= 15 is 0 Å². The number of carboxylic acids is 1. The van der Waals surface area contributed by atoms with E-state index in [1.165, 1.54) is 31.3 Å². The van der Waals surface area contributed by atoms with Crippen molar-refractivity contribution in [3.05, 3.63) is 29.6 Å². The van der Waals surface area contributed by atoms with Gasteiger partial charge in [0.1, 0.15) is 6.04 Å². The Morgan fingerprint density at radius 2 is 2.10 bits per heavy atom. The summed E-state index contributed by atoms with van der Waals surface area (Å²) in [7, 11) is 2.77. The summed E-state index contributed by atoms with van der Waals surface area (Å²) in [4.78, 5) is 24.9. The number of hydrogen-bond acceptors (Lipinski definition) is 4. The van der Waals surface area contributed by atoms with Crippen LogP contribution in [0.4, 0.5) is 4.39 Å². The minimum atomic E-state index is -1.09. The normalized spacial score (nSPS) is 21.4. The molecular weight excluding hydrogens is 281 g/mol. The van der Waals surface area contributed by atoms with E-state index in [4.69, 9.17) is 9.47 Å². The van der Waals surface area contributed by atoms with Gasteiger partial charge in [-0.1, -0.05) is 0 Å². The lowest BCUT2D eigenvalue weighted by Gasteiger charge is -2.21. The minimum Gasteiger partial charge on any atom is -0.494 e. The molecule has 1 N–H and O–H groups in total. The number of methoxy groups -OCH3 is 2. The zero-order valence-electron chi connectivity index (χ0n) is 11.7. The molecule has 1 aromatic rings. The zero-order chi connectivity index (χ0) is 15.6. The van der Waals surface area contributed by atoms with E-state index in [2.05, 4.69) is 0 Å². The molecule has 0 aromatic heterocycles. The van der Waals surface area contributed by atoms with Crippen LogP contribution in [0.1, 0.15) is 16.8 Å². The second-order valence-electron chi connectivity index (χ2n) is 4.75. The number of ether oxygens (including phenoxy) is 2. The molecule has 0 spiro atoms. The van der Waals surface area contributed by atoms with Crippen molar-refractivity contribution in [2.75, 3.05) is 20.8 Å². The van der Waals surface area contributed by atoms with Crippen LogP contribution >= 0.6 is 0 Å². The average molecular weight is 297 g/mol. The van der Waals surface area contributed by atoms with Crippen molar-refractivity contribution in [2.45, 2.75) is 18.6 Å². The van der Waals surface area contributed by atoms with Crippen LogP contribution < -0.4 is 4.74 Å². The van der Waals surface area contributed by atoms with E-state index in [9.17, 15) is 19.1 Å². The minimum absolute atomic E-state index is 0.0600. The molecule has 2 atom stereocenters. The lowest BCUT2D eigenvalue weighted by atomic mass is 10.1. The topological polar surface area (TPSA) is 76.1 Å². The average Bonchev–Trinajstić information content (AvgIpc) is 2.91. The number of nitrogens with zero attached hydrogens (tertiary/aromatic N) is 1. The second-order valence-corrected chi connectivity index (χ2v) is 4.75. The number of likely N-dealkylation sites (tertiary alicyclic amines) is 1. The number of halogens is 1. The molecule has 0 aliphatic carbocycles. The van der Waals surface area contributed by atoms with Gasteiger partial charge in [0.05, 0.1) is 13.2 Å². The third-order valence-corrected chi connectivity index (χ3v) is 3.54. The van der Waals surface area contributed by atoms with Crippen LogP contribution in [-0.2, 0) is 9.53 Å². The molecule has 2 unspecified atom stereocenters. The Morgan fingerprint density at radius 1 is 1.38 bits per heavy atom. The molecule has 0 radical (unpaired) electrons. The Balaban J connectivity index is 2.27. The van der Waals surface area contributed by atoms with Crippen LogP contribution in [0.5, 0.6) is 5.75 Å². The molecule has 1 amide bonds. The highest BCUT2D eigenvalue weighted by Crippen LogP contribution is 2.25. The fourth-order valence-corrected chi connectivity index (χ4v) is 2.39. The first-order valence-electron chi connectivity index (χ1n) is 6.38. The van der Waals surface area contributed by atoms with Gasteiger partial charge in [0.25, 0.3) is 5.91 Å². The van der Waals surface area contributed by atoms with Crippen LogP contribution in [0.3, 0.4) is 0 Å². The van der Waals surface area contributed by atoms with E-state index in [-0.39, 0.29) is 30.4 Å². The molecule has 21 heavy (non-hydrogen) atoms. The Morgan fingerprint density at radius 3 is 2.67 bits per heavy atom. The van der Waals surface area contributed by atoms with Gasteiger partial charge in [-0.2, -0.15) is 0 Å². The van der Waals surface area contributed by atoms with Crippen LogP contribution in [0.2, 0.25) is 0 Å². The van der Waals surface area contributed by atoms with Crippen LogP contribution in [0, 0.1) is 5.82 Å². The lowest BCUT2D eigenvalue weighted by Crippen LogP contribution is -2.40. The summed E-state index contributed by atoms with van der Waals surface area (Å²) in [6.07, 6.45) is -0.0898. The van der Waals surface area contributed by atoms with Crippen LogP contribution in [0.15, 0.2) is 18.2 Å². The first-order chi connectivity index (χ1) is 9.97. The SMILES string of the molecule is COc1cc(C(=O)N2CC(OC)CC2C(=O)O)ccc1F. The Kier molecular flexibility index (Phi) is 4.42. The highest BCUT2D eigenvalue weighted by atomic mass is 19.1.